The van der Waals surface area contributed by atoms with Crippen LogP contribution >= 0.6 is 15.9 Å². The number of benzene rings is 3. The van der Waals surface area contributed by atoms with Gasteiger partial charge in [-0.3, -0.25) is 0 Å². The van der Waals surface area contributed by atoms with Crippen molar-refractivity contribution >= 4 is 43.6 Å². The van der Waals surface area contributed by atoms with Crippen molar-refractivity contribution in [3.8, 4) is 0 Å². The van der Waals surface area contributed by atoms with E-state index in [1.807, 2.05) is 0 Å². The van der Waals surface area contributed by atoms with Crippen LogP contribution in [0.25, 0.3) is 0 Å². The molecule has 0 nitrogen and oxygen atoms in total. The predicted octanol–water partition coefficient (Wildman–Crippen LogP) is 3.27. The molecule has 0 saturated heterocycles. The Morgan fingerprint density at radius 3 is 1.71 bits per heavy atom. The number of aryl methyl sites for hydroxylation is 1. The zero-order chi connectivity index (χ0) is 14.7. The molecular formula is C19H16AsBr. The summed E-state index contributed by atoms with van der Waals surface area (Å²) in [6.45, 7) is 2.16. The standard InChI is InChI=1S/C19H16AsBr/c1-15-9-8-14-18(19(15)21)20(16-10-4-2-5-11-16)17-12-6-3-7-13-17/h2-14H,1H3. The average molecular weight is 399 g/mol. The van der Waals surface area contributed by atoms with Gasteiger partial charge in [0, 0.05) is 0 Å². The van der Waals surface area contributed by atoms with E-state index in [9.17, 15) is 0 Å². The van der Waals surface area contributed by atoms with Gasteiger partial charge in [-0.15, -0.1) is 0 Å². The summed E-state index contributed by atoms with van der Waals surface area (Å²) in [5.74, 6) is 0. The minimum absolute atomic E-state index is 1.26. The van der Waals surface area contributed by atoms with Crippen LogP contribution in [0.1, 0.15) is 5.56 Å². The summed E-state index contributed by atoms with van der Waals surface area (Å²) in [4.78, 5) is 0. The molecule has 0 N–H and O–H groups in total. The molecule has 0 unspecified atom stereocenters. The van der Waals surface area contributed by atoms with Crippen molar-refractivity contribution in [2.24, 2.45) is 0 Å². The van der Waals surface area contributed by atoms with Crippen molar-refractivity contribution in [1.82, 2.24) is 0 Å². The molecular weight excluding hydrogens is 383 g/mol. The Bertz CT molecular complexity index is 684. The SMILES string of the molecule is Cc1cccc([As](c2ccccc2)c2ccccc2)c1Br. The van der Waals surface area contributed by atoms with Crippen molar-refractivity contribution in [3.05, 3.63) is 88.9 Å². The van der Waals surface area contributed by atoms with Gasteiger partial charge < -0.3 is 0 Å². The van der Waals surface area contributed by atoms with E-state index < -0.39 is 14.7 Å². The first-order valence-corrected chi connectivity index (χ1v) is 10.5. The Hall–Kier alpha value is -1.30. The number of hydrogen-bond donors (Lipinski definition) is 0. The molecule has 0 saturated carbocycles. The van der Waals surface area contributed by atoms with Gasteiger partial charge in [0.1, 0.15) is 0 Å². The first-order chi connectivity index (χ1) is 10.3. The third-order valence-corrected chi connectivity index (χ3v) is 10.4. The molecule has 0 radical (unpaired) electrons. The number of rotatable bonds is 3. The van der Waals surface area contributed by atoms with Crippen LogP contribution in [-0.4, -0.2) is 14.7 Å². The van der Waals surface area contributed by atoms with Gasteiger partial charge >= 0.3 is 139 Å². The molecule has 21 heavy (non-hydrogen) atoms. The molecule has 0 spiro atoms. The van der Waals surface area contributed by atoms with Crippen molar-refractivity contribution < 1.29 is 0 Å². The number of hydrogen-bond acceptors (Lipinski definition) is 0. The van der Waals surface area contributed by atoms with Gasteiger partial charge in [-0.05, 0) is 0 Å². The van der Waals surface area contributed by atoms with Gasteiger partial charge in [0.2, 0.25) is 0 Å². The second-order valence-electron chi connectivity index (χ2n) is 4.91. The maximum atomic E-state index is 3.81. The minimum atomic E-state index is -1.51. The van der Waals surface area contributed by atoms with Gasteiger partial charge in [-0.2, -0.15) is 0 Å². The van der Waals surface area contributed by atoms with Crippen molar-refractivity contribution in [1.29, 1.82) is 0 Å². The fourth-order valence-electron chi connectivity index (χ4n) is 2.39. The predicted molar refractivity (Wildman–Crippen MR) is 96.4 cm³/mol. The van der Waals surface area contributed by atoms with E-state index in [1.165, 1.54) is 23.1 Å². The van der Waals surface area contributed by atoms with Crippen LogP contribution in [0.15, 0.2) is 83.3 Å². The first kappa shape index (κ1) is 14.6. The fourth-order valence-corrected chi connectivity index (χ4v) is 8.61. The molecule has 2 heteroatoms. The van der Waals surface area contributed by atoms with E-state index in [4.69, 9.17) is 0 Å². The normalized spacial score (nSPS) is 10.8. The van der Waals surface area contributed by atoms with Crippen LogP contribution in [0.3, 0.4) is 0 Å². The monoisotopic (exact) mass is 398 g/mol. The third-order valence-electron chi connectivity index (χ3n) is 3.44. The van der Waals surface area contributed by atoms with E-state index in [0.717, 1.165) is 0 Å². The molecule has 104 valence electrons. The second kappa shape index (κ2) is 6.64. The first-order valence-electron chi connectivity index (χ1n) is 6.93. The molecule has 0 heterocycles. The molecule has 0 aliphatic heterocycles. The quantitative estimate of drug-likeness (QED) is 0.594. The Labute approximate surface area is 139 Å². The molecule has 0 atom stereocenters. The maximum absolute atomic E-state index is 3.81. The molecule has 0 bridgehead atoms. The summed E-state index contributed by atoms with van der Waals surface area (Å²) in [6.07, 6.45) is 0. The summed E-state index contributed by atoms with van der Waals surface area (Å²) in [6, 6.07) is 28.4. The number of halogens is 1. The van der Waals surface area contributed by atoms with Crippen LogP contribution in [0.2, 0.25) is 0 Å². The van der Waals surface area contributed by atoms with Gasteiger partial charge in [0.05, 0.1) is 0 Å². The summed E-state index contributed by atoms with van der Waals surface area (Å²) >= 11 is 2.31. The van der Waals surface area contributed by atoms with Gasteiger partial charge in [0.25, 0.3) is 0 Å². The van der Waals surface area contributed by atoms with E-state index in [1.54, 1.807) is 0 Å². The zero-order valence-electron chi connectivity index (χ0n) is 11.8. The molecule has 0 aliphatic rings. The summed E-state index contributed by atoms with van der Waals surface area (Å²) in [5, 5.41) is 0. The van der Waals surface area contributed by atoms with Gasteiger partial charge in [-0.25, -0.2) is 0 Å². The zero-order valence-corrected chi connectivity index (χ0v) is 15.3. The summed E-state index contributed by atoms with van der Waals surface area (Å²) < 4.78 is 5.64. The van der Waals surface area contributed by atoms with Gasteiger partial charge in [-0.1, -0.05) is 0 Å². The fraction of sp³-hybridized carbons (Fsp3) is 0.0526. The topological polar surface area (TPSA) is 0 Å². The van der Waals surface area contributed by atoms with E-state index >= 15 is 0 Å². The molecule has 0 fully saturated rings. The Kier molecular flexibility index (Phi) is 4.63. The van der Waals surface area contributed by atoms with Crippen LogP contribution in [0, 0.1) is 6.92 Å². The van der Waals surface area contributed by atoms with Crippen LogP contribution in [0.5, 0.6) is 0 Å². The van der Waals surface area contributed by atoms with E-state index in [0.29, 0.717) is 0 Å². The second-order valence-corrected chi connectivity index (χ2v) is 10.3. The van der Waals surface area contributed by atoms with Crippen molar-refractivity contribution in [3.63, 3.8) is 0 Å². The van der Waals surface area contributed by atoms with Crippen LogP contribution in [-0.2, 0) is 0 Å². The van der Waals surface area contributed by atoms with Gasteiger partial charge in [0.15, 0.2) is 0 Å². The van der Waals surface area contributed by atoms with E-state index in [-0.39, 0.29) is 0 Å². The third kappa shape index (κ3) is 3.15. The Balaban J connectivity index is 2.20. The molecule has 0 amide bonds. The summed E-state index contributed by atoms with van der Waals surface area (Å²) in [7, 11) is 0. The van der Waals surface area contributed by atoms with Crippen LogP contribution in [0.4, 0.5) is 0 Å². The Morgan fingerprint density at radius 2 is 1.19 bits per heavy atom. The average Bonchev–Trinajstić information content (AvgIpc) is 2.54. The summed E-state index contributed by atoms with van der Waals surface area (Å²) in [5.41, 5.74) is 1.30. The Morgan fingerprint density at radius 1 is 0.667 bits per heavy atom. The molecule has 3 aromatic carbocycles. The molecule has 3 aromatic rings. The van der Waals surface area contributed by atoms with Crippen molar-refractivity contribution in [2.45, 2.75) is 6.92 Å². The van der Waals surface area contributed by atoms with Crippen LogP contribution < -0.4 is 13.1 Å². The molecule has 0 aliphatic carbocycles. The molecule has 0 aromatic heterocycles. The van der Waals surface area contributed by atoms with Crippen molar-refractivity contribution in [2.75, 3.05) is 0 Å². The molecule has 3 rings (SSSR count). The van der Waals surface area contributed by atoms with E-state index in [2.05, 4.69) is 102 Å².